The summed E-state index contributed by atoms with van der Waals surface area (Å²) in [7, 11) is 0. The van der Waals surface area contributed by atoms with Gasteiger partial charge in [0.25, 0.3) is 0 Å². The molecule has 0 atom stereocenters. The standard InChI is InChI=1S/C30H16BrNO/c31-24-8-5-11-28-29(24)23-14-17(12-13-27(23)33-28)18-15-21-19-6-1-3-9-25(19)32-26-10-4-2-7-20(26)22(16-18)30(21)32/h1-16H. The minimum absolute atomic E-state index is 0.905. The van der Waals surface area contributed by atoms with Gasteiger partial charge in [0, 0.05) is 36.8 Å². The highest BCUT2D eigenvalue weighted by molar-refractivity contribution is 9.10. The average Bonchev–Trinajstić information content (AvgIpc) is 3.50. The van der Waals surface area contributed by atoms with Crippen molar-refractivity contribution in [3.8, 4) is 11.1 Å². The molecule has 3 heteroatoms. The van der Waals surface area contributed by atoms with Crippen molar-refractivity contribution in [3.05, 3.63) is 102 Å². The molecule has 0 fully saturated rings. The van der Waals surface area contributed by atoms with E-state index in [1.807, 2.05) is 12.1 Å². The van der Waals surface area contributed by atoms with Crippen LogP contribution in [0.3, 0.4) is 0 Å². The zero-order chi connectivity index (χ0) is 21.7. The Morgan fingerprint density at radius 1 is 0.545 bits per heavy atom. The largest absolute Gasteiger partial charge is 0.456 e. The highest BCUT2D eigenvalue weighted by Gasteiger charge is 2.19. The highest BCUT2D eigenvalue weighted by Crippen LogP contribution is 2.42. The van der Waals surface area contributed by atoms with E-state index >= 15 is 0 Å². The topological polar surface area (TPSA) is 17.6 Å². The molecule has 8 rings (SSSR count). The highest BCUT2D eigenvalue weighted by atomic mass is 79.9. The summed E-state index contributed by atoms with van der Waals surface area (Å²) < 4.78 is 9.58. The van der Waals surface area contributed by atoms with Crippen molar-refractivity contribution >= 4 is 76.0 Å². The average molecular weight is 486 g/mol. The van der Waals surface area contributed by atoms with E-state index in [1.165, 1.54) is 49.2 Å². The number of fused-ring (bicyclic) bond motifs is 9. The lowest BCUT2D eigenvalue weighted by molar-refractivity contribution is 0.669. The Kier molecular flexibility index (Phi) is 3.30. The number of hydrogen-bond acceptors (Lipinski definition) is 1. The van der Waals surface area contributed by atoms with Crippen LogP contribution in [0, 0.1) is 0 Å². The second kappa shape index (κ2) is 6.15. The van der Waals surface area contributed by atoms with Crippen LogP contribution in [0.25, 0.3) is 71.2 Å². The number of rotatable bonds is 1. The van der Waals surface area contributed by atoms with Crippen LogP contribution in [0.1, 0.15) is 0 Å². The van der Waals surface area contributed by atoms with Gasteiger partial charge in [-0.25, -0.2) is 0 Å². The van der Waals surface area contributed by atoms with Gasteiger partial charge in [0.2, 0.25) is 0 Å². The molecule has 5 aromatic carbocycles. The molecule has 0 saturated carbocycles. The Morgan fingerprint density at radius 3 is 1.94 bits per heavy atom. The van der Waals surface area contributed by atoms with Gasteiger partial charge in [-0.05, 0) is 59.7 Å². The van der Waals surface area contributed by atoms with Crippen LogP contribution in [0.15, 0.2) is 106 Å². The van der Waals surface area contributed by atoms with Crippen molar-refractivity contribution in [1.29, 1.82) is 0 Å². The van der Waals surface area contributed by atoms with E-state index in [2.05, 4.69) is 105 Å². The monoisotopic (exact) mass is 485 g/mol. The van der Waals surface area contributed by atoms with E-state index in [4.69, 9.17) is 4.42 Å². The quantitative estimate of drug-likeness (QED) is 0.226. The molecular weight excluding hydrogens is 470 g/mol. The molecule has 0 spiro atoms. The van der Waals surface area contributed by atoms with E-state index in [0.29, 0.717) is 0 Å². The van der Waals surface area contributed by atoms with Crippen molar-refractivity contribution in [2.75, 3.05) is 0 Å². The molecule has 0 aliphatic heterocycles. The van der Waals surface area contributed by atoms with Crippen molar-refractivity contribution in [2.45, 2.75) is 0 Å². The molecule has 3 heterocycles. The van der Waals surface area contributed by atoms with Gasteiger partial charge in [0.15, 0.2) is 0 Å². The van der Waals surface area contributed by atoms with Crippen LogP contribution < -0.4 is 0 Å². The lowest BCUT2D eigenvalue weighted by atomic mass is 9.98. The summed E-state index contributed by atoms with van der Waals surface area (Å²) in [6.45, 7) is 0. The number of nitrogens with zero attached hydrogens (tertiary/aromatic N) is 1. The van der Waals surface area contributed by atoms with Gasteiger partial charge in [0.1, 0.15) is 11.2 Å². The lowest BCUT2D eigenvalue weighted by Crippen LogP contribution is -1.80. The van der Waals surface area contributed by atoms with E-state index < -0.39 is 0 Å². The maximum atomic E-state index is 6.11. The molecule has 154 valence electrons. The number of aromatic nitrogens is 1. The summed E-state index contributed by atoms with van der Waals surface area (Å²) in [5.41, 5.74) is 8.06. The number of para-hydroxylation sites is 2. The van der Waals surface area contributed by atoms with Crippen molar-refractivity contribution < 1.29 is 4.42 Å². The number of furan rings is 1. The van der Waals surface area contributed by atoms with Gasteiger partial charge in [-0.1, -0.05) is 64.5 Å². The van der Waals surface area contributed by atoms with Crippen LogP contribution in [-0.4, -0.2) is 4.40 Å². The van der Waals surface area contributed by atoms with Gasteiger partial charge in [0.05, 0.1) is 16.6 Å². The Hall–Kier alpha value is -3.82. The fourth-order valence-corrected chi connectivity index (χ4v) is 6.14. The molecule has 0 unspecified atom stereocenters. The van der Waals surface area contributed by atoms with Gasteiger partial charge in [-0.3, -0.25) is 0 Å². The van der Waals surface area contributed by atoms with Crippen LogP contribution in [-0.2, 0) is 0 Å². The SMILES string of the molecule is Brc1cccc2oc3ccc(-c4cc5c6ccccc6n6c7ccccc7c(c4)c56)cc3c12. The summed E-state index contributed by atoms with van der Waals surface area (Å²) >= 11 is 3.72. The third-order valence-corrected chi connectivity index (χ3v) is 7.64. The number of hydrogen-bond donors (Lipinski definition) is 0. The molecule has 0 radical (unpaired) electrons. The Balaban J connectivity index is 1.52. The summed E-state index contributed by atoms with van der Waals surface area (Å²) in [4.78, 5) is 0. The first-order valence-corrected chi connectivity index (χ1v) is 11.9. The molecule has 0 N–H and O–H groups in total. The van der Waals surface area contributed by atoms with E-state index in [9.17, 15) is 0 Å². The first-order chi connectivity index (χ1) is 16.3. The predicted octanol–water partition coefficient (Wildman–Crippen LogP) is 9.17. The molecular formula is C30H16BrNO. The molecule has 33 heavy (non-hydrogen) atoms. The minimum atomic E-state index is 0.905. The first kappa shape index (κ1) is 17.7. The van der Waals surface area contributed by atoms with E-state index in [0.717, 1.165) is 26.4 Å². The third-order valence-electron chi connectivity index (χ3n) is 6.98. The summed E-state index contributed by atoms with van der Waals surface area (Å²) in [6, 6.07) is 34.8. The predicted molar refractivity (Wildman–Crippen MR) is 142 cm³/mol. The summed E-state index contributed by atoms with van der Waals surface area (Å²) in [6.07, 6.45) is 0. The first-order valence-electron chi connectivity index (χ1n) is 11.1. The zero-order valence-corrected chi connectivity index (χ0v) is 19.1. The van der Waals surface area contributed by atoms with Crippen molar-refractivity contribution in [2.24, 2.45) is 0 Å². The minimum Gasteiger partial charge on any atom is -0.456 e. The van der Waals surface area contributed by atoms with Crippen LogP contribution in [0.5, 0.6) is 0 Å². The maximum absolute atomic E-state index is 6.11. The summed E-state index contributed by atoms with van der Waals surface area (Å²) in [5.74, 6) is 0. The molecule has 0 amide bonds. The number of benzene rings is 5. The Bertz CT molecular complexity index is 1960. The smallest absolute Gasteiger partial charge is 0.136 e. The fraction of sp³-hybridized carbons (Fsp3) is 0. The van der Waals surface area contributed by atoms with Crippen LogP contribution in [0.2, 0.25) is 0 Å². The van der Waals surface area contributed by atoms with Gasteiger partial charge >= 0.3 is 0 Å². The molecule has 3 aromatic heterocycles. The zero-order valence-electron chi connectivity index (χ0n) is 17.5. The molecule has 0 bridgehead atoms. The molecule has 0 saturated heterocycles. The van der Waals surface area contributed by atoms with Gasteiger partial charge < -0.3 is 8.82 Å². The number of halogens is 1. The molecule has 8 aromatic rings. The second-order valence-corrected chi connectivity index (χ2v) is 9.57. The van der Waals surface area contributed by atoms with E-state index in [1.54, 1.807) is 0 Å². The Labute approximate surface area is 197 Å². The van der Waals surface area contributed by atoms with Crippen molar-refractivity contribution in [1.82, 2.24) is 4.40 Å². The van der Waals surface area contributed by atoms with E-state index in [-0.39, 0.29) is 0 Å². The fourth-order valence-electron chi connectivity index (χ4n) is 5.58. The third kappa shape index (κ3) is 2.22. The summed E-state index contributed by atoms with van der Waals surface area (Å²) in [5, 5.41) is 7.45. The van der Waals surface area contributed by atoms with Crippen LogP contribution in [0.4, 0.5) is 0 Å². The van der Waals surface area contributed by atoms with Gasteiger partial charge in [-0.15, -0.1) is 0 Å². The van der Waals surface area contributed by atoms with Gasteiger partial charge in [-0.2, -0.15) is 0 Å². The Morgan fingerprint density at radius 2 is 1.21 bits per heavy atom. The molecule has 2 nitrogen and oxygen atoms in total. The maximum Gasteiger partial charge on any atom is 0.136 e. The van der Waals surface area contributed by atoms with Crippen molar-refractivity contribution in [3.63, 3.8) is 0 Å². The normalized spacial score (nSPS) is 12.4. The lowest BCUT2D eigenvalue weighted by Gasteiger charge is -2.05. The molecule has 0 aliphatic carbocycles. The van der Waals surface area contributed by atoms with Crippen LogP contribution >= 0.6 is 15.9 Å². The molecule has 0 aliphatic rings. The second-order valence-electron chi connectivity index (χ2n) is 8.72.